The summed E-state index contributed by atoms with van der Waals surface area (Å²) in [6.45, 7) is 0. The van der Waals surface area contributed by atoms with E-state index in [0.717, 1.165) is 0 Å². The van der Waals surface area contributed by atoms with Gasteiger partial charge in [0.2, 0.25) is 5.78 Å². The Labute approximate surface area is 114 Å². The number of furan rings is 1. The zero-order valence-corrected chi connectivity index (χ0v) is 10.2. The zero-order valence-electron chi connectivity index (χ0n) is 10.2. The van der Waals surface area contributed by atoms with Crippen molar-refractivity contribution in [3.63, 3.8) is 0 Å². The summed E-state index contributed by atoms with van der Waals surface area (Å²) < 4.78 is 4.99. The van der Waals surface area contributed by atoms with Crippen molar-refractivity contribution in [2.24, 2.45) is 0 Å². The fraction of sp³-hybridized carbons (Fsp3) is 0. The molecule has 0 radical (unpaired) electrons. The van der Waals surface area contributed by atoms with Gasteiger partial charge in [0.25, 0.3) is 5.91 Å². The van der Waals surface area contributed by atoms with Crippen LogP contribution in [0, 0.1) is 11.3 Å². The van der Waals surface area contributed by atoms with E-state index in [0.29, 0.717) is 11.3 Å². The Kier molecular flexibility index (Phi) is 2.70. The van der Waals surface area contributed by atoms with Crippen molar-refractivity contribution in [3.8, 4) is 6.07 Å². The van der Waals surface area contributed by atoms with Crippen molar-refractivity contribution in [2.45, 2.75) is 0 Å². The minimum atomic E-state index is -0.598. The fourth-order valence-electron chi connectivity index (χ4n) is 2.12. The van der Waals surface area contributed by atoms with Gasteiger partial charge in [-0.3, -0.25) is 9.59 Å². The first-order valence-corrected chi connectivity index (χ1v) is 5.85. The summed E-state index contributed by atoms with van der Waals surface area (Å²) in [5, 5.41) is 11.9. The lowest BCUT2D eigenvalue weighted by molar-refractivity contribution is -0.110. The highest BCUT2D eigenvalue weighted by Crippen LogP contribution is 2.34. The first kappa shape index (κ1) is 11.9. The van der Waals surface area contributed by atoms with Gasteiger partial charge in [0.1, 0.15) is 11.6 Å². The number of ketones is 1. The van der Waals surface area contributed by atoms with Crippen LogP contribution in [0.2, 0.25) is 0 Å². The number of nitrogens with zero attached hydrogens (tertiary/aromatic N) is 1. The van der Waals surface area contributed by atoms with Crippen molar-refractivity contribution < 1.29 is 14.0 Å². The summed E-state index contributed by atoms with van der Waals surface area (Å²) in [4.78, 5) is 24.2. The number of carbonyl (C=O) groups is 2. The largest absolute Gasteiger partial charge is 0.461 e. The van der Waals surface area contributed by atoms with Gasteiger partial charge in [0.15, 0.2) is 5.76 Å². The predicted molar refractivity (Wildman–Crippen MR) is 70.6 cm³/mol. The Morgan fingerprint density at radius 2 is 2.00 bits per heavy atom. The molecular formula is C15H8N2O3. The Bertz CT molecular complexity index is 780. The van der Waals surface area contributed by atoms with Crippen molar-refractivity contribution >= 4 is 23.0 Å². The molecule has 20 heavy (non-hydrogen) atoms. The van der Waals surface area contributed by atoms with Crippen LogP contribution in [0.25, 0.3) is 5.57 Å². The molecule has 5 heteroatoms. The minimum absolute atomic E-state index is 0.0335. The molecule has 0 atom stereocenters. The summed E-state index contributed by atoms with van der Waals surface area (Å²) in [6, 6.07) is 11.7. The third-order valence-electron chi connectivity index (χ3n) is 3.01. The van der Waals surface area contributed by atoms with Crippen LogP contribution in [0.4, 0.5) is 5.69 Å². The summed E-state index contributed by atoms with van der Waals surface area (Å²) in [5.41, 5.74) is 1.01. The standard InChI is InChI=1S/C15H8N2O3/c16-8-10(14(18)12-6-3-7-20-12)13-9-4-1-2-5-11(9)17-15(13)19/h1-7H,(H,17,19)/b13-10+. The van der Waals surface area contributed by atoms with Crippen LogP contribution in [0.3, 0.4) is 0 Å². The summed E-state index contributed by atoms with van der Waals surface area (Å²) in [7, 11) is 0. The molecule has 1 N–H and O–H groups in total. The Morgan fingerprint density at radius 3 is 2.70 bits per heavy atom. The maximum atomic E-state index is 12.2. The van der Waals surface area contributed by atoms with Gasteiger partial charge in [-0.15, -0.1) is 0 Å². The summed E-state index contributed by atoms with van der Waals surface area (Å²) in [5.74, 6) is -1.02. The predicted octanol–water partition coefficient (Wildman–Crippen LogP) is 2.39. The Balaban J connectivity index is 2.20. The highest BCUT2D eigenvalue weighted by atomic mass is 16.3. The molecule has 0 bridgehead atoms. The molecular weight excluding hydrogens is 256 g/mol. The van der Waals surface area contributed by atoms with Crippen LogP contribution < -0.4 is 5.32 Å². The molecule has 0 fully saturated rings. The second-order valence-corrected chi connectivity index (χ2v) is 4.17. The number of fused-ring (bicyclic) bond motifs is 1. The maximum Gasteiger partial charge on any atom is 0.257 e. The number of allylic oxidation sites excluding steroid dienone is 1. The average molecular weight is 264 g/mol. The fourth-order valence-corrected chi connectivity index (χ4v) is 2.12. The van der Waals surface area contributed by atoms with Crippen LogP contribution in [0.5, 0.6) is 0 Å². The molecule has 5 nitrogen and oxygen atoms in total. The van der Waals surface area contributed by atoms with Crippen molar-refractivity contribution in [1.82, 2.24) is 0 Å². The molecule has 1 aliphatic rings. The van der Waals surface area contributed by atoms with Crippen molar-refractivity contribution in [3.05, 3.63) is 59.6 Å². The minimum Gasteiger partial charge on any atom is -0.461 e. The number of benzene rings is 1. The molecule has 1 aliphatic heterocycles. The first-order chi connectivity index (χ1) is 9.72. The highest BCUT2D eigenvalue weighted by Gasteiger charge is 2.31. The van der Waals surface area contributed by atoms with Gasteiger partial charge in [0.05, 0.1) is 11.8 Å². The van der Waals surface area contributed by atoms with E-state index in [1.54, 1.807) is 30.3 Å². The second-order valence-electron chi connectivity index (χ2n) is 4.17. The van der Waals surface area contributed by atoms with Crippen LogP contribution in [0.1, 0.15) is 16.1 Å². The van der Waals surface area contributed by atoms with Gasteiger partial charge < -0.3 is 9.73 Å². The number of nitriles is 1. The average Bonchev–Trinajstić information content (AvgIpc) is 3.08. The van der Waals surface area contributed by atoms with E-state index in [9.17, 15) is 14.9 Å². The molecule has 0 saturated heterocycles. The third-order valence-corrected chi connectivity index (χ3v) is 3.01. The molecule has 2 aromatic rings. The lowest BCUT2D eigenvalue weighted by Gasteiger charge is -2.00. The number of para-hydroxylation sites is 1. The van der Waals surface area contributed by atoms with Crippen LogP contribution in [-0.2, 0) is 4.79 Å². The molecule has 0 unspecified atom stereocenters. The van der Waals surface area contributed by atoms with E-state index < -0.39 is 11.7 Å². The van der Waals surface area contributed by atoms with E-state index >= 15 is 0 Å². The second kappa shape index (κ2) is 4.52. The molecule has 0 saturated carbocycles. The Hall–Kier alpha value is -3.13. The normalized spacial score (nSPS) is 15.2. The van der Waals surface area contributed by atoms with Crippen LogP contribution in [0.15, 0.2) is 52.7 Å². The van der Waals surface area contributed by atoms with Crippen molar-refractivity contribution in [1.29, 1.82) is 5.26 Å². The number of hydrogen-bond acceptors (Lipinski definition) is 4. The molecule has 0 aliphatic carbocycles. The Morgan fingerprint density at radius 1 is 1.20 bits per heavy atom. The van der Waals surface area contributed by atoms with Crippen LogP contribution >= 0.6 is 0 Å². The lowest BCUT2D eigenvalue weighted by Crippen LogP contribution is -2.10. The molecule has 2 heterocycles. The van der Waals surface area contributed by atoms with Gasteiger partial charge in [-0.05, 0) is 18.2 Å². The third kappa shape index (κ3) is 1.71. The topological polar surface area (TPSA) is 83.1 Å². The SMILES string of the molecule is N#C/C(C(=O)c1ccco1)=C1\C(=O)Nc2ccccc21. The number of hydrogen-bond donors (Lipinski definition) is 1. The summed E-state index contributed by atoms with van der Waals surface area (Å²) in [6.07, 6.45) is 1.34. The van der Waals surface area contributed by atoms with Gasteiger partial charge in [-0.1, -0.05) is 18.2 Å². The van der Waals surface area contributed by atoms with Gasteiger partial charge in [-0.25, -0.2) is 0 Å². The van der Waals surface area contributed by atoms with E-state index in [-0.39, 0.29) is 16.9 Å². The van der Waals surface area contributed by atoms with Crippen LogP contribution in [-0.4, -0.2) is 11.7 Å². The first-order valence-electron chi connectivity index (χ1n) is 5.85. The van der Waals surface area contributed by atoms with Crippen molar-refractivity contribution in [2.75, 3.05) is 5.32 Å². The van der Waals surface area contributed by atoms with E-state index in [1.807, 2.05) is 6.07 Å². The molecule has 3 rings (SSSR count). The lowest BCUT2D eigenvalue weighted by atomic mass is 9.98. The number of rotatable bonds is 2. The van der Waals surface area contributed by atoms with Gasteiger partial charge in [-0.2, -0.15) is 5.26 Å². The number of amides is 1. The zero-order chi connectivity index (χ0) is 14.1. The molecule has 1 amide bonds. The van der Waals surface area contributed by atoms with Gasteiger partial charge in [0, 0.05) is 11.3 Å². The van der Waals surface area contributed by atoms with E-state index in [1.165, 1.54) is 12.3 Å². The molecule has 1 aromatic carbocycles. The van der Waals surface area contributed by atoms with Gasteiger partial charge >= 0.3 is 0 Å². The number of Topliss-reactive ketones (excluding diaryl/α,β-unsaturated/α-hetero) is 1. The highest BCUT2D eigenvalue weighted by molar-refractivity contribution is 6.37. The molecule has 1 aromatic heterocycles. The molecule has 0 spiro atoms. The van der Waals surface area contributed by atoms with E-state index in [4.69, 9.17) is 4.42 Å². The monoisotopic (exact) mass is 264 g/mol. The number of anilines is 1. The van der Waals surface area contributed by atoms with E-state index in [2.05, 4.69) is 5.32 Å². The molecule has 96 valence electrons. The number of nitrogens with one attached hydrogen (secondary N) is 1. The quantitative estimate of drug-likeness (QED) is 0.513. The smallest absolute Gasteiger partial charge is 0.257 e. The summed E-state index contributed by atoms with van der Waals surface area (Å²) >= 11 is 0. The maximum absolute atomic E-state index is 12.2. The number of carbonyl (C=O) groups excluding carboxylic acids is 2.